The molecule has 0 aliphatic carbocycles. The molecular weight excluding hydrogens is 260 g/mol. The highest BCUT2D eigenvalue weighted by Crippen LogP contribution is 2.16. The molecule has 7 nitrogen and oxygen atoms in total. The summed E-state index contributed by atoms with van der Waals surface area (Å²) in [6.07, 6.45) is 1.36. The van der Waals surface area contributed by atoms with Crippen molar-refractivity contribution in [1.82, 2.24) is 14.7 Å². The molecule has 0 amide bonds. The Morgan fingerprint density at radius 1 is 1.50 bits per heavy atom. The van der Waals surface area contributed by atoms with Gasteiger partial charge < -0.3 is 9.94 Å². The van der Waals surface area contributed by atoms with E-state index in [9.17, 15) is 10.0 Å². The molecule has 20 heavy (non-hydrogen) atoms. The molecule has 2 aromatic heterocycles. The monoisotopic (exact) mass is 272 g/mol. The topological polar surface area (TPSA) is 83.4 Å². The Hall–Kier alpha value is -2.70. The molecule has 0 N–H and O–H groups in total. The predicted octanol–water partition coefficient (Wildman–Crippen LogP) is 1.00. The summed E-state index contributed by atoms with van der Waals surface area (Å²) in [4.78, 5) is 12.3. The molecule has 3 aromatic rings. The van der Waals surface area contributed by atoms with E-state index in [2.05, 4.69) is 10.2 Å². The second kappa shape index (κ2) is 4.44. The van der Waals surface area contributed by atoms with Gasteiger partial charge in [0.25, 0.3) is 5.52 Å². The number of benzene rings is 1. The highest BCUT2D eigenvalue weighted by Gasteiger charge is 2.21. The Balaban J connectivity index is 2.32. The molecule has 0 fully saturated rings. The lowest BCUT2D eigenvalue weighted by molar-refractivity contribution is -0.640. The first-order valence-electron chi connectivity index (χ1n) is 6.17. The van der Waals surface area contributed by atoms with Crippen molar-refractivity contribution < 1.29 is 14.4 Å². The average Bonchev–Trinajstić information content (AvgIpc) is 2.83. The first-order chi connectivity index (χ1) is 9.61. The summed E-state index contributed by atoms with van der Waals surface area (Å²) >= 11 is 0. The van der Waals surface area contributed by atoms with Crippen LogP contribution in [-0.4, -0.2) is 27.3 Å². The third-order valence-electron chi connectivity index (χ3n) is 2.99. The van der Waals surface area contributed by atoms with Gasteiger partial charge in [-0.1, -0.05) is 6.07 Å². The van der Waals surface area contributed by atoms with Crippen LogP contribution in [0.5, 0.6) is 0 Å². The third-order valence-corrected chi connectivity index (χ3v) is 2.99. The van der Waals surface area contributed by atoms with Crippen LogP contribution >= 0.6 is 0 Å². The van der Waals surface area contributed by atoms with Gasteiger partial charge in [-0.3, -0.25) is 0 Å². The number of fused-ring (bicyclic) bond motifs is 3. The molecule has 102 valence electrons. The Morgan fingerprint density at radius 3 is 3.05 bits per heavy atom. The zero-order valence-corrected chi connectivity index (χ0v) is 11.0. The van der Waals surface area contributed by atoms with Crippen LogP contribution in [0.15, 0.2) is 24.4 Å². The van der Waals surface area contributed by atoms with Crippen LogP contribution < -0.4 is 4.85 Å². The van der Waals surface area contributed by atoms with Crippen molar-refractivity contribution in [3.05, 3.63) is 40.7 Å². The van der Waals surface area contributed by atoms with Crippen molar-refractivity contribution >= 4 is 22.6 Å². The molecule has 0 atom stereocenters. The summed E-state index contributed by atoms with van der Waals surface area (Å²) in [5.74, 6) is -0.540. The minimum Gasteiger partial charge on any atom is -0.594 e. The highest BCUT2D eigenvalue weighted by atomic mass is 16.5. The Kier molecular flexibility index (Phi) is 2.74. The third kappa shape index (κ3) is 1.75. The van der Waals surface area contributed by atoms with Crippen molar-refractivity contribution in [3.63, 3.8) is 0 Å². The second-order valence-corrected chi connectivity index (χ2v) is 4.38. The molecule has 0 saturated heterocycles. The number of hydrogen-bond donors (Lipinski definition) is 0. The van der Waals surface area contributed by atoms with Gasteiger partial charge >= 0.3 is 5.97 Å². The van der Waals surface area contributed by atoms with Crippen LogP contribution in [0.4, 0.5) is 0 Å². The lowest BCUT2D eigenvalue weighted by Gasteiger charge is -2.03. The van der Waals surface area contributed by atoms with E-state index in [-0.39, 0.29) is 17.8 Å². The molecule has 0 bridgehead atoms. The number of aromatic nitrogens is 4. The molecule has 0 unspecified atom stereocenters. The van der Waals surface area contributed by atoms with E-state index in [4.69, 9.17) is 4.74 Å². The lowest BCUT2D eigenvalue weighted by atomic mass is 10.2. The molecule has 3 rings (SSSR count). The van der Waals surface area contributed by atoms with Gasteiger partial charge in [-0.05, 0) is 30.3 Å². The normalized spacial score (nSPS) is 11.1. The van der Waals surface area contributed by atoms with Crippen molar-refractivity contribution in [2.45, 2.75) is 13.8 Å². The SMILES string of the molecule is CCOC(=O)c1cnn2c1n[n+]([O-])c1cc(C)ccc12. The summed E-state index contributed by atoms with van der Waals surface area (Å²) in [7, 11) is 0. The summed E-state index contributed by atoms with van der Waals surface area (Å²) in [6.45, 7) is 3.85. The largest absolute Gasteiger partial charge is 0.594 e. The van der Waals surface area contributed by atoms with Crippen molar-refractivity contribution in [3.8, 4) is 0 Å². The van der Waals surface area contributed by atoms with Crippen molar-refractivity contribution in [1.29, 1.82) is 0 Å². The molecule has 0 aliphatic heterocycles. The lowest BCUT2D eigenvalue weighted by Crippen LogP contribution is -2.33. The number of aryl methyl sites for hydroxylation is 1. The number of carbonyl (C=O) groups excluding carboxylic acids is 1. The molecule has 1 aromatic carbocycles. The zero-order valence-electron chi connectivity index (χ0n) is 11.0. The molecule has 2 heterocycles. The van der Waals surface area contributed by atoms with Crippen molar-refractivity contribution in [2.24, 2.45) is 0 Å². The van der Waals surface area contributed by atoms with E-state index < -0.39 is 5.97 Å². The fourth-order valence-corrected chi connectivity index (χ4v) is 2.07. The van der Waals surface area contributed by atoms with Gasteiger partial charge in [0.1, 0.15) is 11.1 Å². The molecule has 0 spiro atoms. The van der Waals surface area contributed by atoms with Gasteiger partial charge in [-0.2, -0.15) is 5.10 Å². The summed E-state index contributed by atoms with van der Waals surface area (Å²) in [5.41, 5.74) is 2.30. The summed E-state index contributed by atoms with van der Waals surface area (Å²) < 4.78 is 6.39. The first-order valence-corrected chi connectivity index (χ1v) is 6.17. The quantitative estimate of drug-likeness (QED) is 0.395. The maximum atomic E-state index is 12.0. The Labute approximate surface area is 114 Å². The smallest absolute Gasteiger partial charge is 0.343 e. The number of esters is 1. The van der Waals surface area contributed by atoms with E-state index in [1.54, 1.807) is 19.1 Å². The highest BCUT2D eigenvalue weighted by molar-refractivity contribution is 5.96. The number of nitrogens with zero attached hydrogens (tertiary/aromatic N) is 4. The van der Waals surface area contributed by atoms with Crippen LogP contribution in [0.1, 0.15) is 22.8 Å². The van der Waals surface area contributed by atoms with Gasteiger partial charge in [-0.15, -0.1) is 0 Å². The number of hydrogen-bond acceptors (Lipinski definition) is 5. The number of rotatable bonds is 2. The molecule has 0 saturated carbocycles. The van der Waals surface area contributed by atoms with Crippen LogP contribution in [-0.2, 0) is 4.74 Å². The van der Waals surface area contributed by atoms with Gasteiger partial charge in [0.05, 0.1) is 12.8 Å². The standard InChI is InChI=1S/C13H12N4O3/c1-3-20-13(18)9-7-14-16-10-5-4-8(2)6-11(10)17(19)15-12(9)16/h4-7H,3H2,1-2H3. The van der Waals surface area contributed by atoms with Crippen LogP contribution in [0.25, 0.3) is 16.7 Å². The predicted molar refractivity (Wildman–Crippen MR) is 70.1 cm³/mol. The van der Waals surface area contributed by atoms with Crippen LogP contribution in [0, 0.1) is 12.1 Å². The molecule has 7 heteroatoms. The fraction of sp³-hybridized carbons (Fsp3) is 0.231. The fourth-order valence-electron chi connectivity index (χ4n) is 2.07. The zero-order chi connectivity index (χ0) is 14.3. The minimum absolute atomic E-state index is 0.180. The average molecular weight is 272 g/mol. The van der Waals surface area contributed by atoms with Crippen LogP contribution in [0.2, 0.25) is 0 Å². The Bertz CT molecular complexity index is 825. The number of carbonyl (C=O) groups is 1. The maximum Gasteiger partial charge on any atom is 0.343 e. The second-order valence-electron chi connectivity index (χ2n) is 4.38. The van der Waals surface area contributed by atoms with E-state index in [0.29, 0.717) is 15.9 Å². The Morgan fingerprint density at radius 2 is 2.30 bits per heavy atom. The number of ether oxygens (including phenoxy) is 1. The first kappa shape index (κ1) is 12.3. The molecule has 0 radical (unpaired) electrons. The summed E-state index contributed by atoms with van der Waals surface area (Å²) in [5, 5.41) is 20.0. The molecule has 0 aliphatic rings. The van der Waals surface area contributed by atoms with Gasteiger partial charge in [0, 0.05) is 11.2 Å². The minimum atomic E-state index is -0.540. The van der Waals surface area contributed by atoms with E-state index in [0.717, 1.165) is 5.56 Å². The van der Waals surface area contributed by atoms with E-state index in [1.165, 1.54) is 10.7 Å². The molecular formula is C13H12N4O3. The van der Waals surface area contributed by atoms with E-state index in [1.807, 2.05) is 13.0 Å². The summed E-state index contributed by atoms with van der Waals surface area (Å²) in [6, 6.07) is 5.36. The maximum absolute atomic E-state index is 12.0. The van der Waals surface area contributed by atoms with Gasteiger partial charge in [0.15, 0.2) is 0 Å². The van der Waals surface area contributed by atoms with E-state index >= 15 is 0 Å². The van der Waals surface area contributed by atoms with Gasteiger partial charge in [-0.25, -0.2) is 9.31 Å². The van der Waals surface area contributed by atoms with Gasteiger partial charge in [0.2, 0.25) is 5.65 Å². The van der Waals surface area contributed by atoms with Crippen molar-refractivity contribution in [2.75, 3.05) is 6.61 Å². The van der Waals surface area contributed by atoms with Crippen LogP contribution in [0.3, 0.4) is 0 Å².